The molecule has 5 heteroatoms. The summed E-state index contributed by atoms with van der Waals surface area (Å²) in [6.45, 7) is 4.87. The third kappa shape index (κ3) is 2.73. The highest BCUT2D eigenvalue weighted by molar-refractivity contribution is 5.35. The lowest BCUT2D eigenvalue weighted by atomic mass is 10.1. The van der Waals surface area contributed by atoms with Gasteiger partial charge in [0.05, 0.1) is 29.9 Å². The molecular weight excluding hydrogens is 264 g/mol. The van der Waals surface area contributed by atoms with Gasteiger partial charge in [-0.15, -0.1) is 5.10 Å². The van der Waals surface area contributed by atoms with Crippen molar-refractivity contribution in [3.05, 3.63) is 65.9 Å². The topological polar surface area (TPSA) is 55.9 Å². The molecule has 1 atom stereocenters. The number of furan rings is 1. The molecule has 2 heterocycles. The second kappa shape index (κ2) is 5.93. The minimum absolute atomic E-state index is 0.00246. The monoisotopic (exact) mass is 282 g/mol. The molecule has 0 fully saturated rings. The average Bonchev–Trinajstić information content (AvgIpc) is 3.15. The third-order valence-electron chi connectivity index (χ3n) is 3.36. The summed E-state index contributed by atoms with van der Waals surface area (Å²) in [6.07, 6.45) is 3.58. The smallest absolute Gasteiger partial charge is 0.101 e. The molecule has 5 nitrogen and oxygen atoms in total. The van der Waals surface area contributed by atoms with Crippen molar-refractivity contribution in [3.63, 3.8) is 0 Å². The summed E-state index contributed by atoms with van der Waals surface area (Å²) in [4.78, 5) is 0. The first-order chi connectivity index (χ1) is 10.3. The van der Waals surface area contributed by atoms with Crippen LogP contribution >= 0.6 is 0 Å². The molecule has 1 aromatic carbocycles. The second-order valence-corrected chi connectivity index (χ2v) is 4.89. The van der Waals surface area contributed by atoms with E-state index in [1.54, 1.807) is 12.5 Å². The van der Waals surface area contributed by atoms with Crippen LogP contribution in [0.2, 0.25) is 0 Å². The zero-order valence-corrected chi connectivity index (χ0v) is 12.2. The van der Waals surface area contributed by atoms with E-state index in [-0.39, 0.29) is 6.04 Å². The maximum absolute atomic E-state index is 5.45. The normalized spacial score (nSPS) is 12.5. The van der Waals surface area contributed by atoms with Gasteiger partial charge in [-0.25, -0.2) is 4.68 Å². The predicted molar refractivity (Wildman–Crippen MR) is 80.3 cm³/mol. The van der Waals surface area contributed by atoms with Crippen LogP contribution < -0.4 is 5.32 Å². The molecule has 0 saturated carbocycles. The predicted octanol–water partition coefficient (Wildman–Crippen LogP) is 2.87. The Hall–Kier alpha value is -2.40. The molecule has 108 valence electrons. The zero-order chi connectivity index (χ0) is 14.7. The van der Waals surface area contributed by atoms with Crippen molar-refractivity contribution >= 4 is 0 Å². The van der Waals surface area contributed by atoms with Crippen molar-refractivity contribution in [1.29, 1.82) is 0 Å². The van der Waals surface area contributed by atoms with Gasteiger partial charge in [0.2, 0.25) is 0 Å². The Labute approximate surface area is 123 Å². The van der Waals surface area contributed by atoms with Gasteiger partial charge < -0.3 is 9.73 Å². The lowest BCUT2D eigenvalue weighted by molar-refractivity contribution is 0.522. The fourth-order valence-electron chi connectivity index (χ4n) is 2.42. The molecule has 0 aliphatic heterocycles. The van der Waals surface area contributed by atoms with Gasteiger partial charge in [0.25, 0.3) is 0 Å². The SMILES string of the molecule is CCNC(c1coc(C)c1)c1cnnn1-c1ccccc1. The molecule has 0 bridgehead atoms. The Balaban J connectivity index is 2.03. The van der Waals surface area contributed by atoms with E-state index in [0.717, 1.165) is 29.2 Å². The maximum atomic E-state index is 5.45. The van der Waals surface area contributed by atoms with Crippen LogP contribution in [0.15, 0.2) is 53.3 Å². The number of rotatable bonds is 5. The van der Waals surface area contributed by atoms with Crippen molar-refractivity contribution < 1.29 is 4.42 Å². The number of hydrogen-bond donors (Lipinski definition) is 1. The van der Waals surface area contributed by atoms with Crippen LogP contribution in [0.3, 0.4) is 0 Å². The van der Waals surface area contributed by atoms with Crippen LogP contribution in [0.5, 0.6) is 0 Å². The highest BCUT2D eigenvalue weighted by Crippen LogP contribution is 2.25. The summed E-state index contributed by atoms with van der Waals surface area (Å²) >= 11 is 0. The van der Waals surface area contributed by atoms with E-state index in [0.29, 0.717) is 0 Å². The highest BCUT2D eigenvalue weighted by atomic mass is 16.3. The third-order valence-corrected chi connectivity index (χ3v) is 3.36. The molecule has 0 amide bonds. The molecule has 1 unspecified atom stereocenters. The number of aromatic nitrogens is 3. The van der Waals surface area contributed by atoms with Crippen molar-refractivity contribution in [2.45, 2.75) is 19.9 Å². The number of para-hydroxylation sites is 1. The molecule has 0 spiro atoms. The van der Waals surface area contributed by atoms with Crippen LogP contribution in [0, 0.1) is 6.92 Å². The molecular formula is C16H18N4O. The maximum Gasteiger partial charge on any atom is 0.101 e. The fraction of sp³-hybridized carbons (Fsp3) is 0.250. The van der Waals surface area contributed by atoms with Crippen LogP contribution in [0.25, 0.3) is 5.69 Å². The molecule has 0 radical (unpaired) electrons. The first-order valence-corrected chi connectivity index (χ1v) is 7.04. The molecule has 3 aromatic rings. The van der Waals surface area contributed by atoms with Crippen LogP contribution in [0.1, 0.15) is 30.0 Å². The van der Waals surface area contributed by atoms with Gasteiger partial charge in [-0.3, -0.25) is 0 Å². The molecule has 0 aliphatic rings. The van der Waals surface area contributed by atoms with Crippen molar-refractivity contribution in [3.8, 4) is 5.69 Å². The van der Waals surface area contributed by atoms with Crippen molar-refractivity contribution in [2.24, 2.45) is 0 Å². The number of nitrogens with one attached hydrogen (secondary N) is 1. The summed E-state index contributed by atoms with van der Waals surface area (Å²) in [5, 5.41) is 11.8. The fourth-order valence-corrected chi connectivity index (χ4v) is 2.42. The summed E-state index contributed by atoms with van der Waals surface area (Å²) < 4.78 is 7.30. The average molecular weight is 282 g/mol. The van der Waals surface area contributed by atoms with E-state index in [9.17, 15) is 0 Å². The quantitative estimate of drug-likeness (QED) is 0.782. The van der Waals surface area contributed by atoms with Gasteiger partial charge in [0.1, 0.15) is 5.76 Å². The molecule has 3 rings (SSSR count). The first kappa shape index (κ1) is 13.6. The van der Waals surface area contributed by atoms with E-state index in [1.165, 1.54) is 0 Å². The Kier molecular flexibility index (Phi) is 3.83. The molecule has 2 aromatic heterocycles. The largest absolute Gasteiger partial charge is 0.469 e. The van der Waals surface area contributed by atoms with Crippen molar-refractivity contribution in [2.75, 3.05) is 6.54 Å². The standard InChI is InChI=1S/C16H18N4O/c1-3-17-16(13-9-12(2)21-11-13)15-10-18-19-20(15)14-7-5-4-6-8-14/h4-11,16-17H,3H2,1-2H3. The Morgan fingerprint density at radius 1 is 1.29 bits per heavy atom. The van der Waals surface area contributed by atoms with Gasteiger partial charge in [0.15, 0.2) is 0 Å². The lowest BCUT2D eigenvalue weighted by Gasteiger charge is -2.17. The van der Waals surface area contributed by atoms with E-state index < -0.39 is 0 Å². The number of benzene rings is 1. The zero-order valence-electron chi connectivity index (χ0n) is 12.2. The summed E-state index contributed by atoms with van der Waals surface area (Å²) in [5.41, 5.74) is 3.06. The van der Waals surface area contributed by atoms with Crippen LogP contribution in [-0.2, 0) is 0 Å². The Morgan fingerprint density at radius 3 is 2.76 bits per heavy atom. The lowest BCUT2D eigenvalue weighted by Crippen LogP contribution is -2.24. The Morgan fingerprint density at radius 2 is 2.10 bits per heavy atom. The van der Waals surface area contributed by atoms with E-state index in [1.807, 2.05) is 48.0 Å². The highest BCUT2D eigenvalue weighted by Gasteiger charge is 2.20. The number of nitrogens with zero attached hydrogens (tertiary/aromatic N) is 3. The van der Waals surface area contributed by atoms with Gasteiger partial charge in [-0.05, 0) is 31.7 Å². The Bertz CT molecular complexity index is 702. The summed E-state index contributed by atoms with van der Waals surface area (Å²) in [5.74, 6) is 0.895. The van der Waals surface area contributed by atoms with E-state index >= 15 is 0 Å². The first-order valence-electron chi connectivity index (χ1n) is 7.04. The minimum Gasteiger partial charge on any atom is -0.469 e. The molecule has 21 heavy (non-hydrogen) atoms. The van der Waals surface area contributed by atoms with Crippen molar-refractivity contribution in [1.82, 2.24) is 20.3 Å². The molecule has 0 aliphatic carbocycles. The van der Waals surface area contributed by atoms with Gasteiger partial charge in [-0.2, -0.15) is 0 Å². The minimum atomic E-state index is 0.00246. The van der Waals surface area contributed by atoms with Gasteiger partial charge in [0, 0.05) is 5.56 Å². The second-order valence-electron chi connectivity index (χ2n) is 4.89. The molecule has 0 saturated heterocycles. The van der Waals surface area contributed by atoms with Gasteiger partial charge >= 0.3 is 0 Å². The number of hydrogen-bond acceptors (Lipinski definition) is 4. The van der Waals surface area contributed by atoms with E-state index in [2.05, 4.69) is 22.6 Å². The van der Waals surface area contributed by atoms with Crippen LogP contribution in [-0.4, -0.2) is 21.5 Å². The summed E-state index contributed by atoms with van der Waals surface area (Å²) in [6, 6.07) is 12.0. The van der Waals surface area contributed by atoms with Gasteiger partial charge in [-0.1, -0.05) is 30.3 Å². The van der Waals surface area contributed by atoms with E-state index in [4.69, 9.17) is 4.42 Å². The van der Waals surface area contributed by atoms with Crippen LogP contribution in [0.4, 0.5) is 0 Å². The summed E-state index contributed by atoms with van der Waals surface area (Å²) in [7, 11) is 0. The number of aryl methyl sites for hydroxylation is 1. The molecule has 1 N–H and O–H groups in total.